The van der Waals surface area contributed by atoms with E-state index in [0.29, 0.717) is 43.4 Å². The molecule has 168 valence electrons. The van der Waals surface area contributed by atoms with Crippen LogP contribution in [0.25, 0.3) is 10.9 Å². The molecule has 1 fully saturated rings. The van der Waals surface area contributed by atoms with Crippen molar-refractivity contribution in [1.82, 2.24) is 10.3 Å². The van der Waals surface area contributed by atoms with Crippen LogP contribution in [0.3, 0.4) is 0 Å². The zero-order valence-corrected chi connectivity index (χ0v) is 17.7. The van der Waals surface area contributed by atoms with E-state index in [1.807, 2.05) is 30.3 Å². The molecule has 32 heavy (non-hydrogen) atoms. The molecule has 0 aliphatic carbocycles. The molecule has 0 atom stereocenters. The van der Waals surface area contributed by atoms with Crippen LogP contribution in [-0.4, -0.2) is 31.1 Å². The number of anilines is 1. The van der Waals surface area contributed by atoms with Crippen LogP contribution in [0.4, 0.5) is 18.9 Å². The summed E-state index contributed by atoms with van der Waals surface area (Å²) in [5.74, 6) is 0.704. The molecule has 1 amide bonds. The summed E-state index contributed by atoms with van der Waals surface area (Å²) in [7, 11) is 1.61. The van der Waals surface area contributed by atoms with Gasteiger partial charge in [-0.15, -0.1) is 0 Å². The second-order valence-corrected chi connectivity index (χ2v) is 7.89. The number of carbonyl (C=O) groups is 1. The number of halogens is 3. The van der Waals surface area contributed by atoms with Crippen LogP contribution >= 0.6 is 0 Å². The summed E-state index contributed by atoms with van der Waals surface area (Å²) in [5.41, 5.74) is 1.46. The fourth-order valence-corrected chi connectivity index (χ4v) is 4.04. The molecule has 1 saturated heterocycles. The number of ether oxygens (including phenoxy) is 1. The van der Waals surface area contributed by atoms with Gasteiger partial charge in [0.1, 0.15) is 5.75 Å². The van der Waals surface area contributed by atoms with E-state index >= 15 is 0 Å². The summed E-state index contributed by atoms with van der Waals surface area (Å²) in [6.07, 6.45) is -1.51. The average molecular weight is 443 g/mol. The zero-order valence-electron chi connectivity index (χ0n) is 17.7. The van der Waals surface area contributed by atoms with Crippen LogP contribution in [-0.2, 0) is 17.5 Å². The highest BCUT2D eigenvalue weighted by Crippen LogP contribution is 2.34. The minimum absolute atomic E-state index is 0.0230. The molecule has 3 aromatic rings. The van der Waals surface area contributed by atoms with E-state index in [0.717, 1.165) is 29.1 Å². The Labute approximate surface area is 184 Å². The fraction of sp³-hybridized carbons (Fsp3) is 0.333. The van der Waals surface area contributed by atoms with Gasteiger partial charge < -0.3 is 15.0 Å². The molecule has 2 aromatic carbocycles. The Morgan fingerprint density at radius 3 is 2.50 bits per heavy atom. The third-order valence-corrected chi connectivity index (χ3v) is 5.88. The zero-order chi connectivity index (χ0) is 22.7. The number of hydrogen-bond acceptors (Lipinski definition) is 4. The maximum atomic E-state index is 13.0. The van der Waals surface area contributed by atoms with E-state index in [9.17, 15) is 18.0 Å². The topological polar surface area (TPSA) is 54.5 Å². The molecule has 1 N–H and O–H groups in total. The molecule has 1 aromatic heterocycles. The maximum absolute atomic E-state index is 13.0. The smallest absolute Gasteiger partial charge is 0.416 e. The number of fused-ring (bicyclic) bond motifs is 1. The number of methoxy groups -OCH3 is 1. The molecule has 8 heteroatoms. The van der Waals surface area contributed by atoms with Gasteiger partial charge in [-0.25, -0.2) is 0 Å². The summed E-state index contributed by atoms with van der Waals surface area (Å²) in [4.78, 5) is 18.8. The van der Waals surface area contributed by atoms with Gasteiger partial charge in [-0.05, 0) is 48.7 Å². The van der Waals surface area contributed by atoms with Gasteiger partial charge in [0, 0.05) is 42.8 Å². The normalized spacial score (nSPS) is 15.1. The van der Waals surface area contributed by atoms with Gasteiger partial charge in [0.15, 0.2) is 0 Å². The molecule has 4 rings (SSSR count). The van der Waals surface area contributed by atoms with Crippen molar-refractivity contribution >= 4 is 22.5 Å². The van der Waals surface area contributed by atoms with Gasteiger partial charge >= 0.3 is 6.18 Å². The largest absolute Gasteiger partial charge is 0.497 e. The number of rotatable bonds is 5. The lowest BCUT2D eigenvalue weighted by Crippen LogP contribution is -2.40. The Bertz CT molecular complexity index is 1090. The van der Waals surface area contributed by atoms with Gasteiger partial charge in [0.05, 0.1) is 18.2 Å². The molecule has 2 heterocycles. The number of alkyl halides is 3. The first-order chi connectivity index (χ1) is 15.3. The van der Waals surface area contributed by atoms with Crippen LogP contribution in [0.15, 0.2) is 54.7 Å². The predicted octanol–water partition coefficient (Wildman–Crippen LogP) is 4.80. The lowest BCUT2D eigenvalue weighted by atomic mass is 9.95. The Hall–Kier alpha value is -3.29. The number of hydrogen-bond donors (Lipinski definition) is 1. The van der Waals surface area contributed by atoms with Crippen molar-refractivity contribution in [2.45, 2.75) is 25.6 Å². The molecule has 1 aliphatic heterocycles. The van der Waals surface area contributed by atoms with Gasteiger partial charge in [-0.2, -0.15) is 13.2 Å². The fourth-order valence-electron chi connectivity index (χ4n) is 4.04. The third kappa shape index (κ3) is 4.79. The van der Waals surface area contributed by atoms with E-state index in [1.54, 1.807) is 7.11 Å². The van der Waals surface area contributed by atoms with Crippen molar-refractivity contribution < 1.29 is 22.7 Å². The summed E-state index contributed by atoms with van der Waals surface area (Å²) in [6.45, 7) is 1.76. The van der Waals surface area contributed by atoms with Crippen molar-refractivity contribution in [2.75, 3.05) is 25.1 Å². The molecule has 0 unspecified atom stereocenters. The Morgan fingerprint density at radius 2 is 1.84 bits per heavy atom. The molecular formula is C24H24F3N3O2. The number of benzene rings is 2. The SMILES string of the molecule is COc1ccc(CNC(=O)C2CCN(c3ccnc4cc(C(F)(F)F)ccc34)CC2)cc1. The summed E-state index contributed by atoms with van der Waals surface area (Å²) >= 11 is 0. The van der Waals surface area contributed by atoms with Crippen molar-refractivity contribution in [3.8, 4) is 5.75 Å². The lowest BCUT2D eigenvalue weighted by Gasteiger charge is -2.33. The lowest BCUT2D eigenvalue weighted by molar-refractivity contribution is -0.137. The highest BCUT2D eigenvalue weighted by Gasteiger charge is 2.31. The number of nitrogens with zero attached hydrogens (tertiary/aromatic N) is 2. The van der Waals surface area contributed by atoms with E-state index < -0.39 is 11.7 Å². The number of nitrogens with one attached hydrogen (secondary N) is 1. The van der Waals surface area contributed by atoms with Gasteiger partial charge in [-0.3, -0.25) is 9.78 Å². The Kier molecular flexibility index (Phi) is 6.21. The predicted molar refractivity (Wildman–Crippen MR) is 117 cm³/mol. The van der Waals surface area contributed by atoms with Crippen molar-refractivity contribution in [3.63, 3.8) is 0 Å². The Morgan fingerprint density at radius 1 is 1.12 bits per heavy atom. The van der Waals surface area contributed by atoms with Crippen LogP contribution in [0, 0.1) is 5.92 Å². The van der Waals surface area contributed by atoms with E-state index in [-0.39, 0.29) is 11.8 Å². The molecule has 0 radical (unpaired) electrons. The Balaban J connectivity index is 1.37. The maximum Gasteiger partial charge on any atom is 0.416 e. The number of carbonyl (C=O) groups excluding carboxylic acids is 1. The van der Waals surface area contributed by atoms with Crippen LogP contribution in [0.2, 0.25) is 0 Å². The highest BCUT2D eigenvalue weighted by atomic mass is 19.4. The minimum atomic E-state index is -4.40. The van der Waals surface area contributed by atoms with Gasteiger partial charge in [0.25, 0.3) is 0 Å². The second-order valence-electron chi connectivity index (χ2n) is 7.89. The van der Waals surface area contributed by atoms with Crippen LogP contribution in [0.5, 0.6) is 5.75 Å². The molecule has 1 aliphatic rings. The second kappa shape index (κ2) is 9.06. The number of aromatic nitrogens is 1. The summed E-state index contributed by atoms with van der Waals surface area (Å²) in [6, 6.07) is 13.0. The van der Waals surface area contributed by atoms with Crippen molar-refractivity contribution in [2.24, 2.45) is 5.92 Å². The molecule has 0 spiro atoms. The van der Waals surface area contributed by atoms with E-state index in [2.05, 4.69) is 15.2 Å². The molecular weight excluding hydrogens is 419 g/mol. The molecule has 5 nitrogen and oxygen atoms in total. The monoisotopic (exact) mass is 443 g/mol. The summed E-state index contributed by atoms with van der Waals surface area (Å²) in [5, 5.41) is 3.68. The first-order valence-electron chi connectivity index (χ1n) is 10.5. The quantitative estimate of drug-likeness (QED) is 0.616. The molecule has 0 bridgehead atoms. The van der Waals surface area contributed by atoms with E-state index in [4.69, 9.17) is 4.74 Å². The first kappa shape index (κ1) is 21.9. The van der Waals surface area contributed by atoms with Crippen molar-refractivity contribution in [1.29, 1.82) is 0 Å². The molecule has 0 saturated carbocycles. The summed E-state index contributed by atoms with van der Waals surface area (Å²) < 4.78 is 44.2. The van der Waals surface area contributed by atoms with Crippen LogP contribution in [0.1, 0.15) is 24.0 Å². The number of pyridine rings is 1. The van der Waals surface area contributed by atoms with Crippen molar-refractivity contribution in [3.05, 3.63) is 65.9 Å². The van der Waals surface area contributed by atoms with Gasteiger partial charge in [0.2, 0.25) is 5.91 Å². The minimum Gasteiger partial charge on any atom is -0.497 e. The highest BCUT2D eigenvalue weighted by molar-refractivity contribution is 5.92. The van der Waals surface area contributed by atoms with Gasteiger partial charge in [-0.1, -0.05) is 18.2 Å². The van der Waals surface area contributed by atoms with Crippen LogP contribution < -0.4 is 15.0 Å². The van der Waals surface area contributed by atoms with E-state index in [1.165, 1.54) is 12.3 Å². The number of amides is 1. The standard InChI is InChI=1S/C24H24F3N3O2/c1-32-19-5-2-16(3-6-19)15-29-23(31)17-9-12-30(13-10-17)22-8-11-28-21-14-18(24(25,26)27)4-7-20(21)22/h2-8,11,14,17H,9-10,12-13,15H2,1H3,(H,29,31). The third-order valence-electron chi connectivity index (χ3n) is 5.88. The first-order valence-corrected chi connectivity index (χ1v) is 10.5. The average Bonchev–Trinajstić information content (AvgIpc) is 2.81. The number of piperidine rings is 1.